The zero-order valence-electron chi connectivity index (χ0n) is 16.1. The van der Waals surface area contributed by atoms with Crippen LogP contribution in [-0.4, -0.2) is 17.8 Å². The smallest absolute Gasteiger partial charge is 0.114 e. The van der Waals surface area contributed by atoms with Crippen LogP contribution in [0.4, 0.5) is 0 Å². The Morgan fingerprint density at radius 1 is 1.04 bits per heavy atom. The van der Waals surface area contributed by atoms with Crippen LogP contribution in [0.1, 0.15) is 66.7 Å². The molecule has 1 saturated heterocycles. The van der Waals surface area contributed by atoms with Crippen molar-refractivity contribution in [1.82, 2.24) is 0 Å². The molecule has 2 unspecified atom stereocenters. The average molecular weight is 331 g/mol. The molecule has 4 rings (SSSR count). The normalized spacial score (nSPS) is 50.0. The Morgan fingerprint density at radius 3 is 2.54 bits per heavy atom. The van der Waals surface area contributed by atoms with E-state index in [4.69, 9.17) is 4.74 Å². The topological polar surface area (TPSA) is 29.5 Å². The fraction of sp³-hybridized carbons (Fsp3) is 0.818. The highest BCUT2D eigenvalue weighted by Crippen LogP contribution is 2.68. The number of aliphatic hydroxyl groups is 1. The highest BCUT2D eigenvalue weighted by molar-refractivity contribution is 5.31. The fourth-order valence-corrected chi connectivity index (χ4v) is 7.58. The summed E-state index contributed by atoms with van der Waals surface area (Å²) in [4.78, 5) is 0. The van der Waals surface area contributed by atoms with Crippen LogP contribution in [0.15, 0.2) is 23.5 Å². The van der Waals surface area contributed by atoms with Crippen molar-refractivity contribution < 1.29 is 9.84 Å². The molecule has 2 heteroatoms. The fourth-order valence-electron chi connectivity index (χ4n) is 7.58. The molecule has 0 spiro atoms. The van der Waals surface area contributed by atoms with Crippen molar-refractivity contribution >= 4 is 0 Å². The molecule has 1 heterocycles. The van der Waals surface area contributed by atoms with Crippen LogP contribution in [-0.2, 0) is 4.74 Å². The zero-order chi connectivity index (χ0) is 17.3. The molecule has 1 N–H and O–H groups in total. The largest absolute Gasteiger partial charge is 0.508 e. The van der Waals surface area contributed by atoms with E-state index in [0.717, 1.165) is 12.5 Å². The monoisotopic (exact) mass is 330 g/mol. The van der Waals surface area contributed by atoms with Crippen LogP contribution in [0.3, 0.4) is 0 Å². The first kappa shape index (κ1) is 16.7. The van der Waals surface area contributed by atoms with Crippen molar-refractivity contribution in [2.45, 2.75) is 72.8 Å². The predicted molar refractivity (Wildman–Crippen MR) is 97.8 cm³/mol. The molecular weight excluding hydrogens is 296 g/mol. The lowest BCUT2D eigenvalue weighted by molar-refractivity contribution is -0.212. The summed E-state index contributed by atoms with van der Waals surface area (Å²) < 4.78 is 6.36. The minimum atomic E-state index is 0.0630. The Kier molecular flexibility index (Phi) is 3.57. The van der Waals surface area contributed by atoms with Crippen LogP contribution in [0, 0.1) is 34.0 Å². The van der Waals surface area contributed by atoms with Gasteiger partial charge in [0, 0.05) is 5.92 Å². The summed E-state index contributed by atoms with van der Waals surface area (Å²) in [5.41, 5.74) is 2.45. The lowest BCUT2D eigenvalue weighted by Crippen LogP contribution is -2.62. The molecule has 0 aromatic rings. The summed E-state index contributed by atoms with van der Waals surface area (Å²) in [6.07, 6.45) is 10.7. The van der Waals surface area contributed by atoms with E-state index in [-0.39, 0.29) is 6.10 Å². The molecule has 0 aromatic carbocycles. The van der Waals surface area contributed by atoms with E-state index in [1.54, 1.807) is 0 Å². The molecule has 2 nitrogen and oxygen atoms in total. The third kappa shape index (κ3) is 2.11. The van der Waals surface area contributed by atoms with Crippen molar-refractivity contribution in [3.8, 4) is 0 Å². The second kappa shape index (κ2) is 5.13. The summed E-state index contributed by atoms with van der Waals surface area (Å²) >= 11 is 0. The van der Waals surface area contributed by atoms with Gasteiger partial charge in [-0.1, -0.05) is 39.7 Å². The van der Waals surface area contributed by atoms with Crippen LogP contribution in [0.2, 0.25) is 0 Å². The van der Waals surface area contributed by atoms with E-state index in [0.29, 0.717) is 33.8 Å². The molecule has 3 aliphatic carbocycles. The van der Waals surface area contributed by atoms with E-state index >= 15 is 0 Å². The molecule has 134 valence electrons. The molecule has 24 heavy (non-hydrogen) atoms. The molecule has 0 amide bonds. The first-order valence-corrected chi connectivity index (χ1v) is 9.89. The maximum Gasteiger partial charge on any atom is 0.114 e. The summed E-state index contributed by atoms with van der Waals surface area (Å²) in [7, 11) is 0. The Morgan fingerprint density at radius 2 is 1.79 bits per heavy atom. The Labute approximate surface area is 147 Å². The predicted octanol–water partition coefficient (Wildman–Crippen LogP) is 5.65. The summed E-state index contributed by atoms with van der Waals surface area (Å²) in [6, 6.07) is 0. The van der Waals surface area contributed by atoms with Gasteiger partial charge >= 0.3 is 0 Å². The Bertz CT molecular complexity index is 601. The van der Waals surface area contributed by atoms with E-state index in [1.165, 1.54) is 37.7 Å². The van der Waals surface area contributed by atoms with Gasteiger partial charge in [-0.2, -0.15) is 0 Å². The van der Waals surface area contributed by atoms with E-state index in [9.17, 15) is 5.11 Å². The van der Waals surface area contributed by atoms with Crippen LogP contribution in [0.5, 0.6) is 0 Å². The van der Waals surface area contributed by atoms with Gasteiger partial charge in [0.2, 0.25) is 0 Å². The van der Waals surface area contributed by atoms with Gasteiger partial charge in [-0.3, -0.25) is 0 Å². The highest BCUT2D eigenvalue weighted by atomic mass is 16.5. The van der Waals surface area contributed by atoms with E-state index < -0.39 is 0 Å². The van der Waals surface area contributed by atoms with Crippen LogP contribution < -0.4 is 0 Å². The molecular formula is C22H34O2. The lowest BCUT2D eigenvalue weighted by atomic mass is 9.40. The number of allylic oxidation sites excluding steroid dienone is 1. The molecule has 2 saturated carbocycles. The van der Waals surface area contributed by atoms with Crippen molar-refractivity contribution in [1.29, 1.82) is 0 Å². The standard InChI is InChI=1S/C22H34O2/c1-14-11-15(23)12-16-19(14)22(5)10-7-17-20(2,3)8-6-9-21(17,4)18(22)13-24-16/h11-12,16-19,23H,6-10,13H2,1-5H3/t16?,17-,18+,19?,21-,22+/m0/s1. The SMILES string of the molecule is CC1=CC(O)=CC2OC[C@@H]3[C@@]4(C)CCCC(C)(C)[C@@H]4CC[C@@]3(C)C12. The third-order valence-electron chi connectivity index (χ3n) is 8.54. The van der Waals surface area contributed by atoms with Gasteiger partial charge in [0.15, 0.2) is 0 Å². The average Bonchev–Trinajstić information content (AvgIpc) is 2.44. The molecule has 3 fully saturated rings. The quantitative estimate of drug-likeness (QED) is 0.621. The second-order valence-electron chi connectivity index (χ2n) is 10.3. The summed E-state index contributed by atoms with van der Waals surface area (Å²) in [5, 5.41) is 10.0. The van der Waals surface area contributed by atoms with Gasteiger partial charge in [-0.25, -0.2) is 0 Å². The van der Waals surface area contributed by atoms with Crippen molar-refractivity contribution in [2.75, 3.05) is 6.61 Å². The first-order chi connectivity index (χ1) is 11.2. The van der Waals surface area contributed by atoms with Gasteiger partial charge in [0.1, 0.15) is 5.76 Å². The first-order valence-electron chi connectivity index (χ1n) is 9.89. The summed E-state index contributed by atoms with van der Waals surface area (Å²) in [6.45, 7) is 13.1. The minimum Gasteiger partial charge on any atom is -0.508 e. The minimum absolute atomic E-state index is 0.0630. The lowest BCUT2D eigenvalue weighted by Gasteiger charge is -2.66. The molecule has 4 aliphatic rings. The molecule has 1 aliphatic heterocycles. The maximum atomic E-state index is 10.0. The van der Waals surface area contributed by atoms with Crippen molar-refractivity contribution in [2.24, 2.45) is 34.0 Å². The number of fused-ring (bicyclic) bond motifs is 5. The molecule has 6 atom stereocenters. The summed E-state index contributed by atoms with van der Waals surface area (Å²) in [5.74, 6) is 2.25. The number of ether oxygens (including phenoxy) is 1. The molecule has 0 bridgehead atoms. The number of aliphatic hydroxyl groups excluding tert-OH is 1. The molecule has 0 radical (unpaired) electrons. The zero-order valence-corrected chi connectivity index (χ0v) is 16.1. The number of hydrogen-bond donors (Lipinski definition) is 1. The highest BCUT2D eigenvalue weighted by Gasteiger charge is 2.62. The van der Waals surface area contributed by atoms with Crippen molar-refractivity contribution in [3.05, 3.63) is 23.5 Å². The van der Waals surface area contributed by atoms with E-state index in [1.807, 2.05) is 12.2 Å². The van der Waals surface area contributed by atoms with Crippen molar-refractivity contribution in [3.63, 3.8) is 0 Å². The Balaban J connectivity index is 1.74. The van der Waals surface area contributed by atoms with Gasteiger partial charge in [0.05, 0.1) is 12.7 Å². The van der Waals surface area contributed by atoms with Crippen LogP contribution >= 0.6 is 0 Å². The van der Waals surface area contributed by atoms with Gasteiger partial charge in [-0.15, -0.1) is 0 Å². The van der Waals surface area contributed by atoms with Crippen LogP contribution in [0.25, 0.3) is 0 Å². The van der Waals surface area contributed by atoms with Gasteiger partial charge in [-0.05, 0) is 72.8 Å². The maximum absolute atomic E-state index is 10.0. The van der Waals surface area contributed by atoms with Gasteiger partial charge in [0.25, 0.3) is 0 Å². The number of hydrogen-bond acceptors (Lipinski definition) is 2. The van der Waals surface area contributed by atoms with Gasteiger partial charge < -0.3 is 9.84 Å². The Hall–Kier alpha value is -0.760. The third-order valence-corrected chi connectivity index (χ3v) is 8.54. The molecule has 0 aromatic heterocycles. The number of rotatable bonds is 0. The van der Waals surface area contributed by atoms with E-state index in [2.05, 4.69) is 34.6 Å². The second-order valence-corrected chi connectivity index (χ2v) is 10.3.